The summed E-state index contributed by atoms with van der Waals surface area (Å²) in [6.45, 7) is 1.34. The van der Waals surface area contributed by atoms with E-state index in [0.29, 0.717) is 16.3 Å². The van der Waals surface area contributed by atoms with Crippen molar-refractivity contribution in [3.8, 4) is 5.75 Å². The van der Waals surface area contributed by atoms with Gasteiger partial charge in [0.25, 0.3) is 10.0 Å². The molecule has 1 fully saturated rings. The number of nitrogens with one attached hydrogen (secondary N) is 1. The SMILES string of the molecule is COc1ccc(N(CC(=O)N(Cc2ccccc2Cl)[C@@H](Cc2ccccc2)C(=O)NC2CCCCC2)S(=O)(=O)c2ccc(C)cc2)cc1. The number of hydrogen-bond acceptors (Lipinski definition) is 5. The number of benzene rings is 4. The van der Waals surface area contributed by atoms with Gasteiger partial charge in [0.15, 0.2) is 0 Å². The highest BCUT2D eigenvalue weighted by Gasteiger charge is 2.35. The summed E-state index contributed by atoms with van der Waals surface area (Å²) in [7, 11) is -2.68. The third kappa shape index (κ3) is 8.76. The fourth-order valence-electron chi connectivity index (χ4n) is 6.02. The average molecular weight is 688 g/mol. The number of aryl methyl sites for hydroxylation is 1. The van der Waals surface area contributed by atoms with Gasteiger partial charge in [-0.3, -0.25) is 13.9 Å². The van der Waals surface area contributed by atoms with Gasteiger partial charge < -0.3 is 15.0 Å². The van der Waals surface area contributed by atoms with Crippen LogP contribution in [0.25, 0.3) is 0 Å². The van der Waals surface area contributed by atoms with Crippen molar-refractivity contribution in [1.82, 2.24) is 10.2 Å². The number of amides is 2. The normalized spacial score (nSPS) is 14.1. The third-order valence-corrected chi connectivity index (χ3v) is 10.9. The Morgan fingerprint density at radius 3 is 2.17 bits per heavy atom. The van der Waals surface area contributed by atoms with Crippen LogP contribution < -0.4 is 14.4 Å². The maximum absolute atomic E-state index is 14.7. The predicted octanol–water partition coefficient (Wildman–Crippen LogP) is 6.94. The van der Waals surface area contributed by atoms with E-state index >= 15 is 0 Å². The average Bonchev–Trinajstić information content (AvgIpc) is 3.10. The van der Waals surface area contributed by atoms with Crippen molar-refractivity contribution in [2.45, 2.75) is 69.0 Å². The molecule has 1 aliphatic rings. The van der Waals surface area contributed by atoms with Gasteiger partial charge in [0.05, 0.1) is 17.7 Å². The molecule has 2 amide bonds. The lowest BCUT2D eigenvalue weighted by atomic mass is 9.94. The van der Waals surface area contributed by atoms with Gasteiger partial charge in [0.1, 0.15) is 18.3 Å². The van der Waals surface area contributed by atoms with Crippen LogP contribution in [-0.2, 0) is 32.6 Å². The number of sulfonamides is 1. The number of ether oxygens (including phenoxy) is 1. The molecule has 1 aliphatic carbocycles. The molecular formula is C38H42ClN3O5S. The predicted molar refractivity (Wildman–Crippen MR) is 190 cm³/mol. The highest BCUT2D eigenvalue weighted by Crippen LogP contribution is 2.28. The Morgan fingerprint density at radius 1 is 0.875 bits per heavy atom. The molecule has 1 atom stereocenters. The van der Waals surface area contributed by atoms with Gasteiger partial charge in [0.2, 0.25) is 11.8 Å². The number of rotatable bonds is 13. The van der Waals surface area contributed by atoms with E-state index in [9.17, 15) is 18.0 Å². The Labute approximate surface area is 288 Å². The van der Waals surface area contributed by atoms with E-state index in [1.807, 2.05) is 49.4 Å². The molecule has 0 heterocycles. The molecule has 0 aromatic heterocycles. The monoisotopic (exact) mass is 687 g/mol. The first kappa shape index (κ1) is 35.0. The topological polar surface area (TPSA) is 96.0 Å². The third-order valence-electron chi connectivity index (χ3n) is 8.77. The van der Waals surface area contributed by atoms with Crippen LogP contribution >= 0.6 is 11.6 Å². The molecule has 252 valence electrons. The number of methoxy groups -OCH3 is 1. The van der Waals surface area contributed by atoms with E-state index in [1.165, 1.54) is 24.1 Å². The van der Waals surface area contributed by atoms with Crippen molar-refractivity contribution < 1.29 is 22.7 Å². The van der Waals surface area contributed by atoms with Gasteiger partial charge in [-0.25, -0.2) is 8.42 Å². The molecule has 10 heteroatoms. The molecule has 0 unspecified atom stereocenters. The quantitative estimate of drug-likeness (QED) is 0.164. The minimum absolute atomic E-state index is 0.00905. The number of halogens is 1. The van der Waals surface area contributed by atoms with Gasteiger partial charge in [-0.15, -0.1) is 0 Å². The lowest BCUT2D eigenvalue weighted by molar-refractivity contribution is -0.140. The van der Waals surface area contributed by atoms with E-state index in [1.54, 1.807) is 48.5 Å². The Morgan fingerprint density at radius 2 is 1.52 bits per heavy atom. The number of anilines is 1. The summed E-state index contributed by atoms with van der Waals surface area (Å²) in [6, 6.07) is 28.8. The molecule has 48 heavy (non-hydrogen) atoms. The smallest absolute Gasteiger partial charge is 0.264 e. The van der Waals surface area contributed by atoms with Crippen LogP contribution in [0.2, 0.25) is 5.02 Å². The molecule has 0 bridgehead atoms. The zero-order valence-corrected chi connectivity index (χ0v) is 28.9. The molecule has 0 aliphatic heterocycles. The summed E-state index contributed by atoms with van der Waals surface area (Å²) in [5, 5.41) is 3.67. The van der Waals surface area contributed by atoms with Gasteiger partial charge in [-0.2, -0.15) is 0 Å². The molecular weight excluding hydrogens is 646 g/mol. The van der Waals surface area contributed by atoms with Crippen LogP contribution in [0.4, 0.5) is 5.69 Å². The second-order valence-corrected chi connectivity index (χ2v) is 14.5. The first-order valence-electron chi connectivity index (χ1n) is 16.3. The zero-order chi connectivity index (χ0) is 34.1. The van der Waals surface area contributed by atoms with Gasteiger partial charge >= 0.3 is 0 Å². The van der Waals surface area contributed by atoms with Crippen LogP contribution in [0.5, 0.6) is 5.75 Å². The summed E-state index contributed by atoms with van der Waals surface area (Å²) in [5.41, 5.74) is 2.71. The Hall–Kier alpha value is -4.34. The van der Waals surface area contributed by atoms with Crippen LogP contribution in [0.15, 0.2) is 108 Å². The van der Waals surface area contributed by atoms with Crippen molar-refractivity contribution in [3.05, 3.63) is 125 Å². The minimum atomic E-state index is -4.21. The van der Waals surface area contributed by atoms with E-state index in [4.69, 9.17) is 16.3 Å². The second kappa shape index (κ2) is 16.2. The number of carbonyl (C=O) groups excluding carboxylic acids is 2. The van der Waals surface area contributed by atoms with E-state index < -0.39 is 28.5 Å². The Bertz CT molecular complexity index is 1780. The zero-order valence-electron chi connectivity index (χ0n) is 27.3. The van der Waals surface area contributed by atoms with Crippen molar-refractivity contribution >= 4 is 39.1 Å². The molecule has 8 nitrogen and oxygen atoms in total. The van der Waals surface area contributed by atoms with E-state index in [0.717, 1.165) is 47.5 Å². The summed E-state index contributed by atoms with van der Waals surface area (Å²) < 4.78 is 34.9. The molecule has 1 saturated carbocycles. The summed E-state index contributed by atoms with van der Waals surface area (Å²) in [4.78, 5) is 30.5. The molecule has 4 aromatic rings. The number of nitrogens with zero attached hydrogens (tertiary/aromatic N) is 2. The van der Waals surface area contributed by atoms with Gasteiger partial charge in [0, 0.05) is 24.0 Å². The maximum Gasteiger partial charge on any atom is 0.264 e. The Kier molecular flexibility index (Phi) is 11.8. The van der Waals surface area contributed by atoms with Crippen LogP contribution in [0, 0.1) is 6.92 Å². The van der Waals surface area contributed by atoms with Crippen molar-refractivity contribution in [1.29, 1.82) is 0 Å². The first-order valence-corrected chi connectivity index (χ1v) is 18.1. The van der Waals surface area contributed by atoms with Crippen LogP contribution in [0.1, 0.15) is 48.8 Å². The second-order valence-electron chi connectivity index (χ2n) is 12.2. The number of carbonyl (C=O) groups is 2. The largest absolute Gasteiger partial charge is 0.497 e. The lowest BCUT2D eigenvalue weighted by Crippen LogP contribution is -2.55. The van der Waals surface area contributed by atoms with Gasteiger partial charge in [-0.1, -0.05) is 97.1 Å². The molecule has 0 spiro atoms. The lowest BCUT2D eigenvalue weighted by Gasteiger charge is -2.35. The molecule has 0 saturated heterocycles. The highest BCUT2D eigenvalue weighted by molar-refractivity contribution is 7.92. The Balaban J connectivity index is 1.57. The summed E-state index contributed by atoms with van der Waals surface area (Å²) in [6.07, 6.45) is 5.19. The minimum Gasteiger partial charge on any atom is -0.497 e. The van der Waals surface area contributed by atoms with Crippen molar-refractivity contribution in [2.75, 3.05) is 18.0 Å². The molecule has 5 rings (SSSR count). The van der Waals surface area contributed by atoms with Crippen LogP contribution in [-0.4, -0.2) is 50.9 Å². The standard InChI is InChI=1S/C38H42ClN3O5S/c1-28-17-23-34(24-18-28)48(45,46)42(32-19-21-33(47-2)22-20-32)27-37(43)41(26-30-13-9-10-16-35(30)39)36(25-29-11-5-3-6-12-29)38(44)40-31-14-7-4-8-15-31/h3,5-6,9-13,16-24,31,36H,4,7-8,14-15,25-27H2,1-2H3,(H,40,44)/t36-/m0/s1. The fourth-order valence-corrected chi connectivity index (χ4v) is 7.63. The summed E-state index contributed by atoms with van der Waals surface area (Å²) >= 11 is 6.61. The summed E-state index contributed by atoms with van der Waals surface area (Å²) in [5.74, 6) is -0.273. The van der Waals surface area contributed by atoms with Gasteiger partial charge in [-0.05, 0) is 73.4 Å². The molecule has 4 aromatic carbocycles. The highest BCUT2D eigenvalue weighted by atomic mass is 35.5. The molecule has 0 radical (unpaired) electrons. The fraction of sp³-hybridized carbons (Fsp3) is 0.316. The van der Waals surface area contributed by atoms with E-state index in [-0.39, 0.29) is 35.5 Å². The maximum atomic E-state index is 14.7. The van der Waals surface area contributed by atoms with Crippen molar-refractivity contribution in [3.63, 3.8) is 0 Å². The molecule has 1 N–H and O–H groups in total. The first-order chi connectivity index (χ1) is 23.2. The van der Waals surface area contributed by atoms with E-state index in [2.05, 4.69) is 5.32 Å². The number of hydrogen-bond donors (Lipinski definition) is 1. The van der Waals surface area contributed by atoms with Crippen molar-refractivity contribution in [2.24, 2.45) is 0 Å². The van der Waals surface area contributed by atoms with Crippen LogP contribution in [0.3, 0.4) is 0 Å².